The van der Waals surface area contributed by atoms with Crippen molar-refractivity contribution in [2.45, 2.75) is 31.5 Å². The van der Waals surface area contributed by atoms with Crippen molar-refractivity contribution < 1.29 is 9.53 Å². The van der Waals surface area contributed by atoms with E-state index in [0.29, 0.717) is 13.2 Å². The molecule has 2 amide bonds. The van der Waals surface area contributed by atoms with Gasteiger partial charge in [0, 0.05) is 25.1 Å². The van der Waals surface area contributed by atoms with E-state index in [2.05, 4.69) is 22.4 Å². The van der Waals surface area contributed by atoms with Crippen LogP contribution >= 0.6 is 11.3 Å². The van der Waals surface area contributed by atoms with Crippen molar-refractivity contribution in [3.05, 3.63) is 52.5 Å². The van der Waals surface area contributed by atoms with Gasteiger partial charge in [0.05, 0.1) is 23.9 Å². The Morgan fingerprint density at radius 1 is 1.43 bits per heavy atom. The normalized spacial score (nSPS) is 20.9. The van der Waals surface area contributed by atoms with Gasteiger partial charge >= 0.3 is 6.03 Å². The maximum Gasteiger partial charge on any atom is 0.317 e. The molecule has 2 aromatic rings. The molecule has 1 aliphatic heterocycles. The summed E-state index contributed by atoms with van der Waals surface area (Å²) in [6.07, 6.45) is 1.71. The van der Waals surface area contributed by atoms with Gasteiger partial charge in [-0.2, -0.15) is 0 Å². The largest absolute Gasteiger partial charge is 0.373 e. The van der Waals surface area contributed by atoms with Crippen molar-refractivity contribution in [3.63, 3.8) is 0 Å². The Bertz CT molecular complexity index is 618. The molecular weight excluding hydrogens is 310 g/mol. The molecule has 0 radical (unpaired) electrons. The van der Waals surface area contributed by atoms with E-state index >= 15 is 0 Å². The van der Waals surface area contributed by atoms with Gasteiger partial charge in [-0.05, 0) is 18.4 Å². The molecule has 0 bridgehead atoms. The Hall–Kier alpha value is -1.92. The first-order chi connectivity index (χ1) is 11.2. The first kappa shape index (κ1) is 16.0. The summed E-state index contributed by atoms with van der Waals surface area (Å²) in [6.45, 7) is 1.20. The van der Waals surface area contributed by atoms with Crippen LogP contribution < -0.4 is 5.32 Å². The number of amides is 2. The highest BCUT2D eigenvalue weighted by atomic mass is 32.1. The summed E-state index contributed by atoms with van der Waals surface area (Å²) in [7, 11) is 1.79. The summed E-state index contributed by atoms with van der Waals surface area (Å²) in [4.78, 5) is 18.2. The molecule has 2 heterocycles. The lowest BCUT2D eigenvalue weighted by Gasteiger charge is -2.31. The minimum absolute atomic E-state index is 0.0547. The Labute approximate surface area is 140 Å². The topological polar surface area (TPSA) is 54.5 Å². The quantitative estimate of drug-likeness (QED) is 0.936. The van der Waals surface area contributed by atoms with Crippen molar-refractivity contribution in [3.8, 4) is 0 Å². The van der Waals surface area contributed by atoms with Crippen LogP contribution in [0.1, 0.15) is 30.2 Å². The van der Waals surface area contributed by atoms with Crippen LogP contribution in [0, 0.1) is 0 Å². The van der Waals surface area contributed by atoms with Crippen molar-refractivity contribution in [2.75, 3.05) is 13.7 Å². The summed E-state index contributed by atoms with van der Waals surface area (Å²) in [5.74, 6) is 0. The van der Waals surface area contributed by atoms with E-state index in [9.17, 15) is 4.79 Å². The average molecular weight is 331 g/mol. The van der Waals surface area contributed by atoms with Gasteiger partial charge in [-0.3, -0.25) is 0 Å². The van der Waals surface area contributed by atoms with E-state index < -0.39 is 0 Å². The lowest BCUT2D eigenvalue weighted by atomic mass is 9.97. The summed E-state index contributed by atoms with van der Waals surface area (Å²) in [5.41, 5.74) is 3.87. The zero-order chi connectivity index (χ0) is 16.1. The van der Waals surface area contributed by atoms with Gasteiger partial charge in [0.2, 0.25) is 0 Å². The fourth-order valence-corrected chi connectivity index (χ4v) is 3.29. The van der Waals surface area contributed by atoms with E-state index in [1.165, 1.54) is 5.56 Å². The Balaban J connectivity index is 1.54. The van der Waals surface area contributed by atoms with Gasteiger partial charge in [-0.25, -0.2) is 9.78 Å². The van der Waals surface area contributed by atoms with E-state index in [4.69, 9.17) is 4.74 Å². The summed E-state index contributed by atoms with van der Waals surface area (Å²) < 4.78 is 5.85. The molecule has 0 saturated carbocycles. The Kier molecular flexibility index (Phi) is 5.25. The van der Waals surface area contributed by atoms with Crippen LogP contribution in [0.25, 0.3) is 0 Å². The lowest BCUT2D eigenvalue weighted by Crippen LogP contribution is -2.45. The van der Waals surface area contributed by atoms with Crippen LogP contribution in [0.2, 0.25) is 0 Å². The molecule has 2 atom stereocenters. The van der Waals surface area contributed by atoms with E-state index in [1.807, 2.05) is 23.6 Å². The van der Waals surface area contributed by atoms with E-state index in [1.54, 1.807) is 28.8 Å². The zero-order valence-electron chi connectivity index (χ0n) is 13.1. The maximum absolute atomic E-state index is 12.3. The highest BCUT2D eigenvalue weighted by Gasteiger charge is 2.25. The van der Waals surface area contributed by atoms with Crippen molar-refractivity contribution in [1.82, 2.24) is 15.2 Å². The average Bonchev–Trinajstić information content (AvgIpc) is 3.09. The smallest absolute Gasteiger partial charge is 0.317 e. The second-order valence-electron chi connectivity index (χ2n) is 5.78. The number of carbonyl (C=O) groups is 1. The molecule has 1 fully saturated rings. The molecule has 1 aromatic heterocycles. The maximum atomic E-state index is 12.3. The summed E-state index contributed by atoms with van der Waals surface area (Å²) in [5, 5.41) is 5.08. The number of hydrogen-bond acceptors (Lipinski definition) is 4. The Morgan fingerprint density at radius 2 is 2.26 bits per heavy atom. The molecule has 23 heavy (non-hydrogen) atoms. The minimum atomic E-state index is -0.0586. The predicted molar refractivity (Wildman–Crippen MR) is 90.3 cm³/mol. The number of ether oxygens (including phenoxy) is 1. The van der Waals surface area contributed by atoms with Gasteiger partial charge in [-0.15, -0.1) is 11.3 Å². The summed E-state index contributed by atoms with van der Waals surface area (Å²) in [6, 6.07) is 10.3. The number of benzene rings is 1. The minimum Gasteiger partial charge on any atom is -0.373 e. The third kappa shape index (κ3) is 4.30. The molecule has 0 aliphatic carbocycles. The van der Waals surface area contributed by atoms with Gasteiger partial charge in [-0.1, -0.05) is 30.3 Å². The number of rotatable bonds is 4. The molecule has 1 saturated heterocycles. The molecule has 1 N–H and O–H groups in total. The third-order valence-corrected chi connectivity index (χ3v) is 4.65. The van der Waals surface area contributed by atoms with Crippen molar-refractivity contribution in [2.24, 2.45) is 0 Å². The van der Waals surface area contributed by atoms with Crippen LogP contribution in [0.3, 0.4) is 0 Å². The van der Waals surface area contributed by atoms with E-state index in [-0.39, 0.29) is 18.2 Å². The number of nitrogens with zero attached hydrogens (tertiary/aromatic N) is 2. The zero-order valence-corrected chi connectivity index (χ0v) is 14.0. The van der Waals surface area contributed by atoms with Gasteiger partial charge < -0.3 is 15.0 Å². The molecular formula is C17H21N3O2S. The van der Waals surface area contributed by atoms with E-state index in [0.717, 1.165) is 18.5 Å². The van der Waals surface area contributed by atoms with Crippen LogP contribution in [-0.4, -0.2) is 35.6 Å². The highest BCUT2D eigenvalue weighted by Crippen LogP contribution is 2.27. The monoisotopic (exact) mass is 331 g/mol. The molecule has 6 heteroatoms. The second kappa shape index (κ2) is 7.57. The number of hydrogen-bond donors (Lipinski definition) is 1. The van der Waals surface area contributed by atoms with Gasteiger partial charge in [0.25, 0.3) is 0 Å². The highest BCUT2D eigenvalue weighted by molar-refractivity contribution is 7.07. The van der Waals surface area contributed by atoms with Gasteiger partial charge in [0.1, 0.15) is 0 Å². The molecule has 2 unspecified atom stereocenters. The van der Waals surface area contributed by atoms with Crippen LogP contribution in [-0.2, 0) is 11.3 Å². The third-order valence-electron chi connectivity index (χ3n) is 4.01. The lowest BCUT2D eigenvalue weighted by molar-refractivity contribution is 0.00157. The molecule has 3 rings (SSSR count). The number of aromatic nitrogens is 1. The van der Waals surface area contributed by atoms with Crippen molar-refractivity contribution >= 4 is 17.4 Å². The standard InChI is InChI=1S/C17H21N3O2S/c1-20(10-15-11-23-12-18-15)17(21)19-14-7-8-22-16(9-14)13-5-3-2-4-6-13/h2-6,11-12,14,16H,7-10H2,1H3,(H,19,21). The summed E-state index contributed by atoms with van der Waals surface area (Å²) >= 11 is 1.54. The molecule has 5 nitrogen and oxygen atoms in total. The first-order valence-corrected chi connectivity index (χ1v) is 8.72. The predicted octanol–water partition coefficient (Wildman–Crippen LogP) is 3.20. The number of carbonyl (C=O) groups excluding carboxylic acids is 1. The van der Waals surface area contributed by atoms with Crippen LogP contribution in [0.5, 0.6) is 0 Å². The fraction of sp³-hybridized carbons (Fsp3) is 0.412. The fourth-order valence-electron chi connectivity index (χ4n) is 2.74. The Morgan fingerprint density at radius 3 is 3.00 bits per heavy atom. The number of nitrogens with one attached hydrogen (secondary N) is 1. The molecule has 122 valence electrons. The molecule has 1 aliphatic rings. The van der Waals surface area contributed by atoms with Crippen molar-refractivity contribution in [1.29, 1.82) is 0 Å². The van der Waals surface area contributed by atoms with Gasteiger partial charge in [0.15, 0.2) is 0 Å². The van der Waals surface area contributed by atoms with Crippen LogP contribution in [0.4, 0.5) is 4.79 Å². The number of thiazole rings is 1. The van der Waals surface area contributed by atoms with Crippen LogP contribution in [0.15, 0.2) is 41.2 Å². The SMILES string of the molecule is CN(Cc1cscn1)C(=O)NC1CCOC(c2ccccc2)C1. The molecule has 0 spiro atoms. The number of urea groups is 1. The second-order valence-corrected chi connectivity index (χ2v) is 6.50. The first-order valence-electron chi connectivity index (χ1n) is 7.77. The molecule has 1 aromatic carbocycles.